The molecule has 0 spiro atoms. The van der Waals surface area contributed by atoms with Gasteiger partial charge in [0.15, 0.2) is 11.5 Å². The second kappa shape index (κ2) is 6.42. The zero-order valence-electron chi connectivity index (χ0n) is 16.2. The SMILES string of the molecule is CCCCC12CCN(CC3CCC3)C(Cc3ccc(O)c(O)c31)C2(C)O. The first-order valence-corrected chi connectivity index (χ1v) is 10.4. The van der Waals surface area contributed by atoms with E-state index >= 15 is 0 Å². The summed E-state index contributed by atoms with van der Waals surface area (Å²) in [5, 5.41) is 32.7. The summed E-state index contributed by atoms with van der Waals surface area (Å²) < 4.78 is 0. The van der Waals surface area contributed by atoms with Crippen molar-refractivity contribution in [1.29, 1.82) is 0 Å². The van der Waals surface area contributed by atoms with Crippen molar-refractivity contribution in [3.05, 3.63) is 23.3 Å². The van der Waals surface area contributed by atoms with Crippen LogP contribution in [-0.2, 0) is 11.8 Å². The molecule has 2 bridgehead atoms. The van der Waals surface area contributed by atoms with Crippen LogP contribution in [0.25, 0.3) is 0 Å². The Balaban J connectivity index is 1.78. The predicted octanol–water partition coefficient (Wildman–Crippen LogP) is 3.71. The fourth-order valence-electron chi connectivity index (χ4n) is 5.87. The highest BCUT2D eigenvalue weighted by atomic mass is 16.3. The van der Waals surface area contributed by atoms with Crippen LogP contribution in [0.3, 0.4) is 0 Å². The number of hydrogen-bond donors (Lipinski definition) is 3. The van der Waals surface area contributed by atoms with Gasteiger partial charge in [0.2, 0.25) is 0 Å². The lowest BCUT2D eigenvalue weighted by molar-refractivity contribution is -0.142. The van der Waals surface area contributed by atoms with Crippen molar-refractivity contribution in [2.24, 2.45) is 5.92 Å². The maximum absolute atomic E-state index is 11.8. The molecule has 1 saturated carbocycles. The van der Waals surface area contributed by atoms with Gasteiger partial charge in [-0.2, -0.15) is 0 Å². The van der Waals surface area contributed by atoms with Crippen molar-refractivity contribution in [1.82, 2.24) is 4.90 Å². The summed E-state index contributed by atoms with van der Waals surface area (Å²) in [6.07, 6.45) is 8.49. The molecule has 2 aliphatic carbocycles. The average molecular weight is 360 g/mol. The Morgan fingerprint density at radius 2 is 2.00 bits per heavy atom. The van der Waals surface area contributed by atoms with Crippen molar-refractivity contribution in [2.45, 2.75) is 82.3 Å². The van der Waals surface area contributed by atoms with Gasteiger partial charge in [0.05, 0.1) is 5.60 Å². The van der Waals surface area contributed by atoms with Gasteiger partial charge in [-0.05, 0) is 63.1 Å². The van der Waals surface area contributed by atoms with Crippen LogP contribution in [0.4, 0.5) is 0 Å². The van der Waals surface area contributed by atoms with E-state index in [2.05, 4.69) is 11.8 Å². The summed E-state index contributed by atoms with van der Waals surface area (Å²) >= 11 is 0. The molecule has 0 radical (unpaired) electrons. The Labute approximate surface area is 156 Å². The number of phenolic OH excluding ortho intramolecular Hbond substituents is 2. The highest BCUT2D eigenvalue weighted by molar-refractivity contribution is 5.57. The summed E-state index contributed by atoms with van der Waals surface area (Å²) in [6, 6.07) is 3.65. The van der Waals surface area contributed by atoms with Crippen molar-refractivity contribution < 1.29 is 15.3 Å². The maximum Gasteiger partial charge on any atom is 0.161 e. The van der Waals surface area contributed by atoms with E-state index in [1.807, 2.05) is 13.0 Å². The molecule has 1 aromatic rings. The van der Waals surface area contributed by atoms with Gasteiger partial charge in [0.25, 0.3) is 0 Å². The third kappa shape index (κ3) is 2.49. The third-order valence-electron chi connectivity index (χ3n) is 7.69. The summed E-state index contributed by atoms with van der Waals surface area (Å²) in [4.78, 5) is 2.51. The van der Waals surface area contributed by atoms with Gasteiger partial charge in [-0.15, -0.1) is 0 Å². The van der Waals surface area contributed by atoms with Crippen LogP contribution in [0, 0.1) is 5.92 Å². The van der Waals surface area contributed by atoms with E-state index in [9.17, 15) is 15.3 Å². The summed E-state index contributed by atoms with van der Waals surface area (Å²) in [5.41, 5.74) is 0.546. The number of hydrogen-bond acceptors (Lipinski definition) is 4. The number of aliphatic hydroxyl groups is 1. The summed E-state index contributed by atoms with van der Waals surface area (Å²) in [5.74, 6) is 0.708. The van der Waals surface area contributed by atoms with E-state index < -0.39 is 11.0 Å². The van der Waals surface area contributed by atoms with Crippen LogP contribution in [0.5, 0.6) is 11.5 Å². The normalized spacial score (nSPS) is 34.3. The van der Waals surface area contributed by atoms with Crippen molar-refractivity contribution in [2.75, 3.05) is 13.1 Å². The standard InChI is InChI=1S/C22H33NO3/c1-3-4-10-22-11-12-23(14-15-6-5-7-15)18(21(22,2)26)13-16-8-9-17(24)20(25)19(16)22/h8-9,15,18,24-26H,3-7,10-14H2,1-2H3. The Morgan fingerprint density at radius 3 is 2.65 bits per heavy atom. The molecule has 1 heterocycles. The molecule has 4 heteroatoms. The first-order valence-electron chi connectivity index (χ1n) is 10.4. The van der Waals surface area contributed by atoms with Crippen LogP contribution >= 0.6 is 0 Å². The average Bonchev–Trinajstić information content (AvgIpc) is 2.55. The van der Waals surface area contributed by atoms with E-state index in [0.29, 0.717) is 0 Å². The monoisotopic (exact) mass is 359 g/mol. The molecular weight excluding hydrogens is 326 g/mol. The Hall–Kier alpha value is -1.26. The topological polar surface area (TPSA) is 63.9 Å². The quantitative estimate of drug-likeness (QED) is 0.701. The Morgan fingerprint density at radius 1 is 1.23 bits per heavy atom. The van der Waals surface area contributed by atoms with Crippen LogP contribution in [0.2, 0.25) is 0 Å². The molecular formula is C22H33NO3. The minimum Gasteiger partial charge on any atom is -0.504 e. The molecule has 3 atom stereocenters. The highest BCUT2D eigenvalue weighted by Crippen LogP contribution is 2.57. The Bertz CT molecular complexity index is 682. The highest BCUT2D eigenvalue weighted by Gasteiger charge is 2.61. The number of benzene rings is 1. The molecule has 3 aliphatic rings. The minimum atomic E-state index is -0.900. The molecule has 1 saturated heterocycles. The van der Waals surface area contributed by atoms with Gasteiger partial charge in [-0.25, -0.2) is 0 Å². The number of nitrogens with zero attached hydrogens (tertiary/aromatic N) is 1. The molecule has 1 aromatic carbocycles. The van der Waals surface area contributed by atoms with Crippen molar-refractivity contribution in [3.8, 4) is 11.5 Å². The number of aromatic hydroxyl groups is 2. The molecule has 26 heavy (non-hydrogen) atoms. The van der Waals surface area contributed by atoms with Gasteiger partial charge < -0.3 is 15.3 Å². The molecule has 4 rings (SSSR count). The smallest absolute Gasteiger partial charge is 0.161 e. The molecule has 3 unspecified atom stereocenters. The number of rotatable bonds is 5. The van der Waals surface area contributed by atoms with Gasteiger partial charge in [0, 0.05) is 23.6 Å². The number of piperidine rings is 1. The van der Waals surface area contributed by atoms with Crippen molar-refractivity contribution in [3.63, 3.8) is 0 Å². The van der Waals surface area contributed by atoms with Gasteiger partial charge in [-0.3, -0.25) is 4.90 Å². The second-order valence-corrected chi connectivity index (χ2v) is 9.06. The van der Waals surface area contributed by atoms with Crippen LogP contribution < -0.4 is 0 Å². The van der Waals surface area contributed by atoms with Gasteiger partial charge in [-0.1, -0.05) is 32.3 Å². The third-order valence-corrected chi connectivity index (χ3v) is 7.69. The van der Waals surface area contributed by atoms with Crippen LogP contribution in [-0.4, -0.2) is 45.0 Å². The van der Waals surface area contributed by atoms with Crippen LogP contribution in [0.1, 0.15) is 69.9 Å². The lowest BCUT2D eigenvalue weighted by atomic mass is 9.53. The molecule has 144 valence electrons. The zero-order valence-corrected chi connectivity index (χ0v) is 16.2. The first kappa shape index (κ1) is 18.1. The molecule has 2 fully saturated rings. The summed E-state index contributed by atoms with van der Waals surface area (Å²) in [7, 11) is 0. The Kier molecular flexibility index (Phi) is 4.47. The minimum absolute atomic E-state index is 0.00947. The fourth-order valence-corrected chi connectivity index (χ4v) is 5.87. The number of likely N-dealkylation sites (tertiary alicyclic amines) is 1. The number of phenols is 2. The molecule has 1 aliphatic heterocycles. The molecule has 0 amide bonds. The first-order chi connectivity index (χ1) is 12.4. The second-order valence-electron chi connectivity index (χ2n) is 9.06. The van der Waals surface area contributed by atoms with Crippen LogP contribution in [0.15, 0.2) is 12.1 Å². The van der Waals surface area contributed by atoms with E-state index in [1.165, 1.54) is 19.3 Å². The van der Waals surface area contributed by atoms with E-state index in [0.717, 1.165) is 62.2 Å². The van der Waals surface area contributed by atoms with E-state index in [-0.39, 0.29) is 17.5 Å². The maximum atomic E-state index is 11.8. The fraction of sp³-hybridized carbons (Fsp3) is 0.727. The lowest BCUT2D eigenvalue weighted by Gasteiger charge is -2.61. The van der Waals surface area contributed by atoms with E-state index in [4.69, 9.17) is 0 Å². The number of unbranched alkanes of at least 4 members (excludes halogenated alkanes) is 1. The number of fused-ring (bicyclic) bond motifs is 4. The lowest BCUT2D eigenvalue weighted by Crippen LogP contribution is -2.70. The van der Waals surface area contributed by atoms with Gasteiger partial charge in [0.1, 0.15) is 0 Å². The van der Waals surface area contributed by atoms with Gasteiger partial charge >= 0.3 is 0 Å². The largest absolute Gasteiger partial charge is 0.504 e. The molecule has 3 N–H and O–H groups in total. The molecule has 0 aromatic heterocycles. The van der Waals surface area contributed by atoms with Crippen molar-refractivity contribution >= 4 is 0 Å². The van der Waals surface area contributed by atoms with E-state index in [1.54, 1.807) is 6.07 Å². The molecule has 4 nitrogen and oxygen atoms in total. The predicted molar refractivity (Wildman–Crippen MR) is 103 cm³/mol. The zero-order chi connectivity index (χ0) is 18.5. The summed E-state index contributed by atoms with van der Waals surface area (Å²) in [6.45, 7) is 6.20.